The Morgan fingerprint density at radius 2 is 2.12 bits per heavy atom. The zero-order valence-corrected chi connectivity index (χ0v) is 9.09. The van der Waals surface area contributed by atoms with Gasteiger partial charge in [-0.15, -0.1) is 0 Å². The highest BCUT2D eigenvalue weighted by Crippen LogP contribution is 2.20. The number of aromatic nitrogens is 3. The Morgan fingerprint density at radius 3 is 2.94 bits per heavy atom. The van der Waals surface area contributed by atoms with Crippen molar-refractivity contribution in [2.45, 2.75) is 0 Å². The molecule has 0 bridgehead atoms. The summed E-state index contributed by atoms with van der Waals surface area (Å²) in [6.45, 7) is 0. The summed E-state index contributed by atoms with van der Waals surface area (Å²) in [4.78, 5) is 8.46. The molecule has 0 saturated carbocycles. The van der Waals surface area contributed by atoms with Crippen LogP contribution in [0.2, 0.25) is 5.02 Å². The fourth-order valence-electron chi connectivity index (χ4n) is 1.68. The van der Waals surface area contributed by atoms with Crippen molar-refractivity contribution in [2.24, 2.45) is 0 Å². The van der Waals surface area contributed by atoms with Crippen LogP contribution in [0, 0.1) is 0 Å². The topological polar surface area (TPSA) is 30.2 Å². The maximum absolute atomic E-state index is 5.92. The molecule has 0 saturated heterocycles. The molecule has 4 heteroatoms. The van der Waals surface area contributed by atoms with Crippen LogP contribution in [0.25, 0.3) is 16.9 Å². The van der Waals surface area contributed by atoms with Gasteiger partial charge >= 0.3 is 0 Å². The lowest BCUT2D eigenvalue weighted by Gasteiger charge is -2.00. The van der Waals surface area contributed by atoms with E-state index >= 15 is 0 Å². The summed E-state index contributed by atoms with van der Waals surface area (Å²) in [5.41, 5.74) is 1.97. The van der Waals surface area contributed by atoms with Gasteiger partial charge in [-0.3, -0.25) is 9.38 Å². The molecule has 3 aromatic rings. The number of fused-ring (bicyclic) bond motifs is 1. The Labute approximate surface area is 97.3 Å². The van der Waals surface area contributed by atoms with Gasteiger partial charge in [-0.05, 0) is 24.3 Å². The summed E-state index contributed by atoms with van der Waals surface area (Å²) in [5, 5.41) is 0.713. The molecule has 3 nitrogen and oxygen atoms in total. The van der Waals surface area contributed by atoms with Crippen molar-refractivity contribution in [1.29, 1.82) is 0 Å². The van der Waals surface area contributed by atoms with E-state index in [1.807, 2.05) is 34.9 Å². The molecule has 0 aliphatic rings. The van der Waals surface area contributed by atoms with Gasteiger partial charge in [0.2, 0.25) is 0 Å². The number of nitrogens with zero attached hydrogens (tertiary/aromatic N) is 3. The molecule has 0 amide bonds. The monoisotopic (exact) mass is 229 g/mol. The Morgan fingerprint density at radius 1 is 1.19 bits per heavy atom. The number of hydrogen-bond acceptors (Lipinski definition) is 2. The summed E-state index contributed by atoms with van der Waals surface area (Å²) in [5.74, 6) is 0.875. The van der Waals surface area contributed by atoms with Crippen LogP contribution in [0.15, 0.2) is 49.1 Å². The smallest absolute Gasteiger partial charge is 0.146 e. The van der Waals surface area contributed by atoms with Crippen molar-refractivity contribution >= 4 is 17.1 Å². The van der Waals surface area contributed by atoms with Gasteiger partial charge < -0.3 is 0 Å². The normalized spacial score (nSPS) is 10.8. The van der Waals surface area contributed by atoms with E-state index in [4.69, 9.17) is 11.6 Å². The Balaban J connectivity index is 2.26. The highest BCUT2D eigenvalue weighted by molar-refractivity contribution is 6.30. The average molecular weight is 230 g/mol. The van der Waals surface area contributed by atoms with E-state index in [-0.39, 0.29) is 0 Å². The molecule has 0 radical (unpaired) electrons. The van der Waals surface area contributed by atoms with Gasteiger partial charge in [0.05, 0.1) is 11.7 Å². The average Bonchev–Trinajstić information content (AvgIpc) is 2.73. The van der Waals surface area contributed by atoms with E-state index in [0.29, 0.717) is 5.02 Å². The Bertz CT molecular complexity index is 631. The molecule has 0 aliphatic carbocycles. The second-order valence-corrected chi connectivity index (χ2v) is 3.90. The molecule has 0 unspecified atom stereocenters. The zero-order valence-electron chi connectivity index (χ0n) is 8.34. The highest BCUT2D eigenvalue weighted by Gasteiger charge is 2.05. The van der Waals surface area contributed by atoms with Crippen LogP contribution in [-0.2, 0) is 0 Å². The third-order valence-corrected chi connectivity index (χ3v) is 2.65. The minimum atomic E-state index is 0.713. The van der Waals surface area contributed by atoms with E-state index in [9.17, 15) is 0 Å². The summed E-state index contributed by atoms with van der Waals surface area (Å²) < 4.78 is 1.99. The summed E-state index contributed by atoms with van der Waals surface area (Å²) >= 11 is 5.92. The lowest BCUT2D eigenvalue weighted by molar-refractivity contribution is 1.15. The number of halogens is 1. The molecular formula is C12H8ClN3. The van der Waals surface area contributed by atoms with Crippen molar-refractivity contribution in [1.82, 2.24) is 14.4 Å². The van der Waals surface area contributed by atoms with Crippen molar-refractivity contribution in [3.63, 3.8) is 0 Å². The van der Waals surface area contributed by atoms with Crippen LogP contribution in [0.5, 0.6) is 0 Å². The van der Waals surface area contributed by atoms with Crippen molar-refractivity contribution in [2.75, 3.05) is 0 Å². The van der Waals surface area contributed by atoms with Gasteiger partial charge in [-0.25, -0.2) is 4.98 Å². The number of imidazole rings is 1. The standard InChI is InChI=1S/C12H8ClN3/c13-10-3-5-16-11(6-10)8-15-12(16)9-2-1-4-14-7-9/h1-8H. The molecule has 0 aromatic carbocycles. The maximum atomic E-state index is 5.92. The SMILES string of the molecule is Clc1ccn2c(-c3cccnc3)ncc2c1. The fourth-order valence-corrected chi connectivity index (χ4v) is 1.85. The largest absolute Gasteiger partial charge is 0.300 e. The summed E-state index contributed by atoms with van der Waals surface area (Å²) in [6, 6.07) is 7.60. The number of hydrogen-bond donors (Lipinski definition) is 0. The van der Waals surface area contributed by atoms with Crippen molar-refractivity contribution < 1.29 is 0 Å². The zero-order chi connectivity index (χ0) is 11.0. The van der Waals surface area contributed by atoms with E-state index in [0.717, 1.165) is 16.9 Å². The predicted octanol–water partition coefficient (Wildman–Crippen LogP) is 3.05. The van der Waals surface area contributed by atoms with Gasteiger partial charge in [-0.2, -0.15) is 0 Å². The fraction of sp³-hybridized carbons (Fsp3) is 0. The highest BCUT2D eigenvalue weighted by atomic mass is 35.5. The first-order valence-corrected chi connectivity index (χ1v) is 5.25. The predicted molar refractivity (Wildman–Crippen MR) is 63.4 cm³/mol. The van der Waals surface area contributed by atoms with Crippen LogP contribution in [0.3, 0.4) is 0 Å². The first-order valence-electron chi connectivity index (χ1n) is 4.87. The third-order valence-electron chi connectivity index (χ3n) is 2.41. The van der Waals surface area contributed by atoms with Crippen LogP contribution >= 0.6 is 11.6 Å². The van der Waals surface area contributed by atoms with Crippen LogP contribution < -0.4 is 0 Å². The second-order valence-electron chi connectivity index (χ2n) is 3.46. The van der Waals surface area contributed by atoms with Crippen LogP contribution in [-0.4, -0.2) is 14.4 Å². The van der Waals surface area contributed by atoms with Gasteiger partial charge in [0.1, 0.15) is 5.82 Å². The Hall–Kier alpha value is -1.87. The quantitative estimate of drug-likeness (QED) is 0.642. The van der Waals surface area contributed by atoms with E-state index < -0.39 is 0 Å². The first kappa shape index (κ1) is 9.36. The molecular weight excluding hydrogens is 222 g/mol. The summed E-state index contributed by atoms with van der Waals surface area (Å²) in [6.07, 6.45) is 7.25. The molecule has 16 heavy (non-hydrogen) atoms. The van der Waals surface area contributed by atoms with E-state index in [1.54, 1.807) is 18.6 Å². The summed E-state index contributed by atoms with van der Waals surface area (Å²) in [7, 11) is 0. The van der Waals surface area contributed by atoms with E-state index in [1.165, 1.54) is 0 Å². The minimum absolute atomic E-state index is 0.713. The lowest BCUT2D eigenvalue weighted by atomic mass is 10.3. The third kappa shape index (κ3) is 1.46. The minimum Gasteiger partial charge on any atom is -0.300 e. The first-order chi connectivity index (χ1) is 7.84. The van der Waals surface area contributed by atoms with Gasteiger partial charge in [0, 0.05) is 29.2 Å². The Kier molecular flexibility index (Phi) is 2.11. The maximum Gasteiger partial charge on any atom is 0.146 e. The molecule has 78 valence electrons. The molecule has 0 fully saturated rings. The lowest BCUT2D eigenvalue weighted by Crippen LogP contribution is -1.89. The van der Waals surface area contributed by atoms with Crippen LogP contribution in [0.4, 0.5) is 0 Å². The molecule has 0 atom stereocenters. The molecule has 0 spiro atoms. The van der Waals surface area contributed by atoms with Crippen molar-refractivity contribution in [3.05, 3.63) is 54.1 Å². The number of rotatable bonds is 1. The van der Waals surface area contributed by atoms with E-state index in [2.05, 4.69) is 9.97 Å². The second kappa shape index (κ2) is 3.61. The molecule has 3 aromatic heterocycles. The van der Waals surface area contributed by atoms with Gasteiger partial charge in [0.25, 0.3) is 0 Å². The number of pyridine rings is 2. The molecule has 0 N–H and O–H groups in total. The molecule has 0 aliphatic heterocycles. The molecule has 3 heterocycles. The van der Waals surface area contributed by atoms with Crippen molar-refractivity contribution in [3.8, 4) is 11.4 Å². The molecule has 3 rings (SSSR count). The van der Waals surface area contributed by atoms with Gasteiger partial charge in [-0.1, -0.05) is 11.6 Å². The van der Waals surface area contributed by atoms with Crippen LogP contribution in [0.1, 0.15) is 0 Å². The van der Waals surface area contributed by atoms with Gasteiger partial charge in [0.15, 0.2) is 0 Å².